The number of carbonyl (C=O) groups is 1. The normalized spacial score (nSPS) is 18.2. The van der Waals surface area contributed by atoms with E-state index in [4.69, 9.17) is 9.05 Å². The van der Waals surface area contributed by atoms with Gasteiger partial charge in [-0.15, -0.1) is 0 Å². The molecule has 4 heteroatoms. The van der Waals surface area contributed by atoms with E-state index in [0.29, 0.717) is 0 Å². The van der Waals surface area contributed by atoms with Crippen LogP contribution in [0.25, 0.3) is 10.9 Å². The van der Waals surface area contributed by atoms with Gasteiger partial charge in [0.05, 0.1) is 0 Å². The lowest BCUT2D eigenvalue weighted by Crippen LogP contribution is -2.14. The predicted molar refractivity (Wildman–Crippen MR) is 130 cm³/mol. The van der Waals surface area contributed by atoms with Crippen molar-refractivity contribution in [3.8, 4) is 0 Å². The van der Waals surface area contributed by atoms with E-state index in [1.54, 1.807) is 14.0 Å². The summed E-state index contributed by atoms with van der Waals surface area (Å²) in [6.07, 6.45) is 4.50. The molecule has 1 unspecified atom stereocenters. The summed E-state index contributed by atoms with van der Waals surface area (Å²) < 4.78 is 12.4. The van der Waals surface area contributed by atoms with Crippen LogP contribution in [0.4, 0.5) is 0 Å². The minimum atomic E-state index is -2.91. The lowest BCUT2D eigenvalue weighted by Gasteiger charge is -2.33. The van der Waals surface area contributed by atoms with Crippen molar-refractivity contribution in [1.82, 2.24) is 0 Å². The maximum absolute atomic E-state index is 12.6. The number of carbonyl (C=O) groups excluding carboxylic acids is 1. The van der Waals surface area contributed by atoms with Crippen LogP contribution in [0.1, 0.15) is 30.0 Å². The first kappa shape index (κ1) is 21.1. The Morgan fingerprint density at radius 2 is 1.26 bits per heavy atom. The summed E-state index contributed by atoms with van der Waals surface area (Å²) in [6, 6.07) is 30.3. The molecule has 0 fully saturated rings. The topological polar surface area (TPSA) is 35.5 Å². The zero-order valence-corrected chi connectivity index (χ0v) is 18.6. The average Bonchev–Trinajstić information content (AvgIpc) is 2.85. The lowest BCUT2D eigenvalue weighted by atomic mass is 10.0. The fourth-order valence-electron chi connectivity index (χ4n) is 3.70. The van der Waals surface area contributed by atoms with E-state index in [1.165, 1.54) is 0 Å². The van der Waals surface area contributed by atoms with E-state index in [9.17, 15) is 4.79 Å². The van der Waals surface area contributed by atoms with Crippen molar-refractivity contribution >= 4 is 29.5 Å². The van der Waals surface area contributed by atoms with Gasteiger partial charge in [-0.2, -0.15) is 0 Å². The molecule has 0 aromatic heterocycles. The number of hydrogen-bond acceptors (Lipinski definition) is 3. The van der Waals surface area contributed by atoms with Crippen LogP contribution in [0.2, 0.25) is 0 Å². The molecular formula is C27H25O3P. The van der Waals surface area contributed by atoms with Crippen LogP contribution in [0.15, 0.2) is 103 Å². The number of allylic oxidation sites excluding steroid dienone is 3. The minimum absolute atomic E-state index is 0.276. The highest BCUT2D eigenvalue weighted by Crippen LogP contribution is 2.66. The predicted octanol–water partition coefficient (Wildman–Crippen LogP) is 6.79. The van der Waals surface area contributed by atoms with Gasteiger partial charge in [-0.1, -0.05) is 97.9 Å². The van der Waals surface area contributed by atoms with Crippen LogP contribution in [0, 0.1) is 0 Å². The van der Waals surface area contributed by atoms with Gasteiger partial charge in [-0.05, 0) is 34.4 Å². The standard InChI is InChI=1S/C27H25O3P/c1-3-27(28)30-31(29-2)25(22-15-9-5-10-16-22)19-24(21-13-7-4-8-14-21)20-26(31)23-17-11-6-12-18-23/h4-20H,3H2,1-2H3. The summed E-state index contributed by atoms with van der Waals surface area (Å²) in [5, 5.41) is 1.80. The van der Waals surface area contributed by atoms with Gasteiger partial charge in [-0.25, -0.2) is 0 Å². The van der Waals surface area contributed by atoms with E-state index in [0.717, 1.165) is 32.9 Å². The number of benzene rings is 3. The molecule has 0 saturated heterocycles. The van der Waals surface area contributed by atoms with Gasteiger partial charge in [0.25, 0.3) is 0 Å². The van der Waals surface area contributed by atoms with E-state index in [2.05, 4.69) is 24.3 Å². The van der Waals surface area contributed by atoms with E-state index < -0.39 is 7.34 Å². The molecule has 3 aromatic carbocycles. The molecule has 156 valence electrons. The van der Waals surface area contributed by atoms with Gasteiger partial charge in [0.15, 0.2) is 0 Å². The molecule has 0 radical (unpaired) electrons. The Bertz CT molecular complexity index is 1170. The van der Waals surface area contributed by atoms with Crippen molar-refractivity contribution in [3.63, 3.8) is 0 Å². The Morgan fingerprint density at radius 1 is 0.742 bits per heavy atom. The molecule has 0 spiro atoms. The summed E-state index contributed by atoms with van der Waals surface area (Å²) in [4.78, 5) is 12.6. The van der Waals surface area contributed by atoms with Gasteiger partial charge in [-0.3, -0.25) is 4.79 Å². The fraction of sp³-hybridized carbons (Fsp3) is 0.111. The van der Waals surface area contributed by atoms with Crippen LogP contribution >= 0.6 is 7.34 Å². The molecule has 0 amide bonds. The van der Waals surface area contributed by atoms with Gasteiger partial charge < -0.3 is 9.05 Å². The highest BCUT2D eigenvalue weighted by atomic mass is 31.2. The van der Waals surface area contributed by atoms with Crippen molar-refractivity contribution in [3.05, 3.63) is 120 Å². The molecule has 0 N–H and O–H groups in total. The molecule has 0 bridgehead atoms. The van der Waals surface area contributed by atoms with E-state index >= 15 is 0 Å². The van der Waals surface area contributed by atoms with Crippen molar-refractivity contribution < 1.29 is 13.8 Å². The third kappa shape index (κ3) is 4.20. The van der Waals surface area contributed by atoms with Crippen LogP contribution < -0.4 is 0 Å². The lowest BCUT2D eigenvalue weighted by molar-refractivity contribution is -0.133. The van der Waals surface area contributed by atoms with E-state index in [-0.39, 0.29) is 12.4 Å². The van der Waals surface area contributed by atoms with Gasteiger partial charge >= 0.3 is 5.97 Å². The Kier molecular flexibility index (Phi) is 6.36. The van der Waals surface area contributed by atoms with E-state index in [1.807, 2.05) is 78.9 Å². The second-order valence-electron chi connectivity index (χ2n) is 7.16. The quantitative estimate of drug-likeness (QED) is 0.406. The fourth-order valence-corrected chi connectivity index (χ4v) is 6.63. The number of rotatable bonds is 6. The monoisotopic (exact) mass is 428 g/mol. The van der Waals surface area contributed by atoms with Crippen molar-refractivity contribution in [2.75, 3.05) is 7.11 Å². The zero-order valence-electron chi connectivity index (χ0n) is 17.7. The highest BCUT2D eigenvalue weighted by molar-refractivity contribution is 7.78. The molecule has 0 aliphatic carbocycles. The maximum atomic E-state index is 12.6. The molecule has 3 aromatic rings. The summed E-state index contributed by atoms with van der Waals surface area (Å²) >= 11 is 0. The Labute approximate surface area is 183 Å². The molecule has 4 rings (SSSR count). The van der Waals surface area contributed by atoms with Crippen LogP contribution in [0.5, 0.6) is 0 Å². The molecular weight excluding hydrogens is 403 g/mol. The summed E-state index contributed by atoms with van der Waals surface area (Å²) in [5.74, 6) is -0.276. The van der Waals surface area contributed by atoms with Crippen molar-refractivity contribution in [1.29, 1.82) is 0 Å². The van der Waals surface area contributed by atoms with Crippen LogP contribution in [-0.2, 0) is 13.8 Å². The molecule has 0 saturated carbocycles. The SMILES string of the molecule is CCC(=O)OP1(OC)=C(c2ccccc2)C=C(c2ccccc2)C=C1c1ccccc1. The zero-order chi connectivity index (χ0) is 21.7. The van der Waals surface area contributed by atoms with Crippen molar-refractivity contribution in [2.24, 2.45) is 0 Å². The number of hydrogen-bond donors (Lipinski definition) is 0. The molecule has 1 aliphatic rings. The summed E-state index contributed by atoms with van der Waals surface area (Å²) in [6.45, 7) is 1.80. The first-order valence-electron chi connectivity index (χ1n) is 10.3. The molecule has 1 atom stereocenters. The average molecular weight is 428 g/mol. The molecule has 3 nitrogen and oxygen atoms in total. The minimum Gasteiger partial charge on any atom is -0.418 e. The molecule has 1 aliphatic heterocycles. The third-order valence-corrected chi connectivity index (χ3v) is 8.26. The van der Waals surface area contributed by atoms with Gasteiger partial charge in [0, 0.05) is 24.1 Å². The second kappa shape index (κ2) is 9.34. The first-order valence-corrected chi connectivity index (χ1v) is 12.0. The van der Waals surface area contributed by atoms with Crippen LogP contribution in [-0.4, -0.2) is 18.4 Å². The highest BCUT2D eigenvalue weighted by Gasteiger charge is 2.36. The smallest absolute Gasteiger partial charge is 0.310 e. The van der Waals surface area contributed by atoms with Crippen molar-refractivity contribution in [2.45, 2.75) is 13.3 Å². The Morgan fingerprint density at radius 3 is 1.77 bits per heavy atom. The Hall–Kier alpha value is -3.13. The second-order valence-corrected chi connectivity index (χ2v) is 9.78. The summed E-state index contributed by atoms with van der Waals surface area (Å²) in [7, 11) is -1.28. The maximum Gasteiger partial charge on any atom is 0.310 e. The van der Waals surface area contributed by atoms with Gasteiger partial charge in [0.2, 0.25) is 7.34 Å². The summed E-state index contributed by atoms with van der Waals surface area (Å²) in [5.41, 5.74) is 4.12. The third-order valence-electron chi connectivity index (χ3n) is 5.24. The molecule has 31 heavy (non-hydrogen) atoms. The molecule has 1 heterocycles. The largest absolute Gasteiger partial charge is 0.418 e. The first-order chi connectivity index (χ1) is 15.2. The van der Waals surface area contributed by atoms with Gasteiger partial charge in [0.1, 0.15) is 0 Å². The Balaban J connectivity index is 2.08. The van der Waals surface area contributed by atoms with Crippen LogP contribution in [0.3, 0.4) is 0 Å².